The van der Waals surface area contributed by atoms with Crippen LogP contribution in [0, 0.1) is 19.7 Å². The van der Waals surface area contributed by atoms with Gasteiger partial charge in [0, 0.05) is 28.8 Å². The van der Waals surface area contributed by atoms with Gasteiger partial charge in [-0.1, -0.05) is 18.2 Å². The first-order chi connectivity index (χ1) is 17.6. The molecule has 0 aliphatic carbocycles. The standard InChI is InChI=1S/C27H21F4N3O3/c1-16-13-21(17(2)34(16)23-11-4-3-10-22(23)28)24(35)15-37-26(36)20-9-6-12-32-25(20)33-19-8-5-7-18(14-19)27(29,30)31/h3-14H,15H2,1-2H3,(H,32,33). The highest BCUT2D eigenvalue weighted by Gasteiger charge is 2.30. The summed E-state index contributed by atoms with van der Waals surface area (Å²) in [6, 6.07) is 15.0. The average molecular weight is 511 g/mol. The summed E-state index contributed by atoms with van der Waals surface area (Å²) in [6.07, 6.45) is -3.18. The van der Waals surface area contributed by atoms with Crippen molar-refractivity contribution in [3.8, 4) is 5.69 Å². The molecular formula is C27H21F4N3O3. The van der Waals surface area contributed by atoms with Crippen molar-refractivity contribution < 1.29 is 31.9 Å². The molecule has 37 heavy (non-hydrogen) atoms. The number of nitrogens with one attached hydrogen (secondary N) is 1. The second-order valence-corrected chi connectivity index (χ2v) is 8.17. The molecule has 0 aliphatic rings. The zero-order valence-electron chi connectivity index (χ0n) is 19.8. The Labute approximate surface area is 209 Å². The molecule has 4 aromatic rings. The summed E-state index contributed by atoms with van der Waals surface area (Å²) in [7, 11) is 0. The Morgan fingerprint density at radius 1 is 0.973 bits per heavy atom. The zero-order valence-corrected chi connectivity index (χ0v) is 19.8. The molecule has 2 heterocycles. The fourth-order valence-electron chi connectivity index (χ4n) is 3.92. The van der Waals surface area contributed by atoms with Crippen LogP contribution in [0.3, 0.4) is 0 Å². The maximum Gasteiger partial charge on any atom is 0.416 e. The van der Waals surface area contributed by atoms with Crippen molar-refractivity contribution in [2.45, 2.75) is 20.0 Å². The monoisotopic (exact) mass is 511 g/mol. The fraction of sp³-hybridized carbons (Fsp3) is 0.148. The number of hydrogen-bond donors (Lipinski definition) is 1. The number of hydrogen-bond acceptors (Lipinski definition) is 5. The number of carbonyl (C=O) groups excluding carboxylic acids is 2. The van der Waals surface area contributed by atoms with Crippen molar-refractivity contribution in [2.75, 3.05) is 11.9 Å². The van der Waals surface area contributed by atoms with Gasteiger partial charge in [-0.05, 0) is 62.4 Å². The van der Waals surface area contributed by atoms with Crippen molar-refractivity contribution in [1.82, 2.24) is 9.55 Å². The Morgan fingerprint density at radius 2 is 1.73 bits per heavy atom. The number of aryl methyl sites for hydroxylation is 1. The van der Waals surface area contributed by atoms with Crippen molar-refractivity contribution >= 4 is 23.3 Å². The molecular weight excluding hydrogens is 490 g/mol. The van der Waals surface area contributed by atoms with Gasteiger partial charge in [0.15, 0.2) is 6.61 Å². The van der Waals surface area contributed by atoms with E-state index >= 15 is 0 Å². The Morgan fingerprint density at radius 3 is 2.46 bits per heavy atom. The predicted octanol–water partition coefficient (Wildman–Crippen LogP) is 6.43. The van der Waals surface area contributed by atoms with Crippen molar-refractivity contribution in [3.05, 3.63) is 107 Å². The van der Waals surface area contributed by atoms with Gasteiger partial charge in [0.2, 0.25) is 5.78 Å². The Hall–Kier alpha value is -4.47. The third-order valence-corrected chi connectivity index (χ3v) is 5.64. The quantitative estimate of drug-likeness (QED) is 0.176. The van der Waals surface area contributed by atoms with Crippen molar-refractivity contribution in [3.63, 3.8) is 0 Å². The number of carbonyl (C=O) groups is 2. The van der Waals surface area contributed by atoms with Gasteiger partial charge in [-0.25, -0.2) is 14.2 Å². The molecule has 0 saturated heterocycles. The van der Waals surface area contributed by atoms with Crippen LogP contribution in [0.5, 0.6) is 0 Å². The number of ether oxygens (including phenoxy) is 1. The Bertz CT molecular complexity index is 1480. The summed E-state index contributed by atoms with van der Waals surface area (Å²) in [5, 5.41) is 2.69. The summed E-state index contributed by atoms with van der Waals surface area (Å²) in [6.45, 7) is 2.79. The molecule has 190 valence electrons. The van der Waals surface area contributed by atoms with Gasteiger partial charge >= 0.3 is 12.1 Å². The SMILES string of the molecule is Cc1cc(C(=O)COC(=O)c2cccnc2Nc2cccc(C(F)(F)F)c2)c(C)n1-c1ccccc1F. The van der Waals surface area contributed by atoms with Crippen LogP contribution in [0.1, 0.15) is 37.7 Å². The average Bonchev–Trinajstić information content (AvgIpc) is 3.16. The van der Waals surface area contributed by atoms with E-state index in [2.05, 4.69) is 10.3 Å². The van der Waals surface area contributed by atoms with E-state index in [9.17, 15) is 27.2 Å². The summed E-state index contributed by atoms with van der Waals surface area (Å²) < 4.78 is 60.2. The lowest BCUT2D eigenvalue weighted by atomic mass is 10.1. The van der Waals surface area contributed by atoms with Crippen LogP contribution in [-0.4, -0.2) is 27.9 Å². The second kappa shape index (κ2) is 10.3. The van der Waals surface area contributed by atoms with Crippen LogP contribution < -0.4 is 5.32 Å². The van der Waals surface area contributed by atoms with E-state index in [0.717, 1.165) is 12.1 Å². The van der Waals surface area contributed by atoms with Crippen LogP contribution in [0.2, 0.25) is 0 Å². The number of nitrogens with zero attached hydrogens (tertiary/aromatic N) is 2. The molecule has 0 atom stereocenters. The van der Waals surface area contributed by atoms with Crippen molar-refractivity contribution in [1.29, 1.82) is 0 Å². The highest BCUT2D eigenvalue weighted by Crippen LogP contribution is 2.31. The molecule has 2 aromatic carbocycles. The highest BCUT2D eigenvalue weighted by molar-refractivity contribution is 6.01. The predicted molar refractivity (Wildman–Crippen MR) is 129 cm³/mol. The van der Waals surface area contributed by atoms with Crippen LogP contribution in [-0.2, 0) is 10.9 Å². The normalized spacial score (nSPS) is 11.3. The smallest absolute Gasteiger partial charge is 0.416 e. The molecule has 0 saturated carbocycles. The number of rotatable bonds is 7. The number of pyridine rings is 1. The first-order valence-electron chi connectivity index (χ1n) is 11.1. The molecule has 0 bridgehead atoms. The minimum atomic E-state index is -4.54. The number of anilines is 2. The first kappa shape index (κ1) is 25.6. The maximum atomic E-state index is 14.3. The molecule has 6 nitrogen and oxygen atoms in total. The summed E-state index contributed by atoms with van der Waals surface area (Å²) in [5.41, 5.74) is 0.797. The maximum absolute atomic E-state index is 14.3. The van der Waals surface area contributed by atoms with Gasteiger partial charge in [0.05, 0.1) is 11.3 Å². The van der Waals surface area contributed by atoms with Gasteiger partial charge in [-0.3, -0.25) is 4.79 Å². The highest BCUT2D eigenvalue weighted by atomic mass is 19.4. The number of ketones is 1. The van der Waals surface area contributed by atoms with Gasteiger partial charge in [-0.15, -0.1) is 0 Å². The molecule has 0 unspecified atom stereocenters. The lowest BCUT2D eigenvalue weighted by Crippen LogP contribution is -2.16. The van der Waals surface area contributed by atoms with E-state index in [-0.39, 0.29) is 28.3 Å². The van der Waals surface area contributed by atoms with E-state index in [0.29, 0.717) is 11.4 Å². The third-order valence-electron chi connectivity index (χ3n) is 5.64. The lowest BCUT2D eigenvalue weighted by Gasteiger charge is -2.13. The molecule has 0 aliphatic heterocycles. The molecule has 0 fully saturated rings. The first-order valence-corrected chi connectivity index (χ1v) is 11.1. The minimum Gasteiger partial charge on any atom is -0.454 e. The van der Waals surface area contributed by atoms with Crippen LogP contribution in [0.4, 0.5) is 29.1 Å². The number of aromatic nitrogens is 2. The number of alkyl halides is 3. The van der Waals surface area contributed by atoms with E-state index in [1.54, 1.807) is 42.7 Å². The van der Waals surface area contributed by atoms with Gasteiger partial charge in [0.1, 0.15) is 17.2 Å². The lowest BCUT2D eigenvalue weighted by molar-refractivity contribution is -0.137. The van der Waals surface area contributed by atoms with E-state index in [4.69, 9.17) is 4.74 Å². The number of halogens is 4. The van der Waals surface area contributed by atoms with E-state index < -0.39 is 35.9 Å². The zero-order chi connectivity index (χ0) is 26.7. The molecule has 4 rings (SSSR count). The summed E-state index contributed by atoms with van der Waals surface area (Å²) in [4.78, 5) is 29.6. The van der Waals surface area contributed by atoms with Gasteiger partial charge in [0.25, 0.3) is 0 Å². The summed E-state index contributed by atoms with van der Waals surface area (Å²) >= 11 is 0. The van der Waals surface area contributed by atoms with Crippen LogP contribution in [0.25, 0.3) is 5.69 Å². The van der Waals surface area contributed by atoms with Crippen molar-refractivity contribution in [2.24, 2.45) is 0 Å². The van der Waals surface area contributed by atoms with Crippen LogP contribution in [0.15, 0.2) is 72.9 Å². The minimum absolute atomic E-state index is 0.0306. The number of para-hydroxylation sites is 1. The Balaban J connectivity index is 1.50. The van der Waals surface area contributed by atoms with Gasteiger partial charge in [-0.2, -0.15) is 13.2 Å². The molecule has 0 amide bonds. The van der Waals surface area contributed by atoms with Crippen LogP contribution >= 0.6 is 0 Å². The second-order valence-electron chi connectivity index (χ2n) is 8.17. The van der Waals surface area contributed by atoms with E-state index in [1.165, 1.54) is 36.5 Å². The Kier molecular flexibility index (Phi) is 7.10. The fourth-order valence-corrected chi connectivity index (χ4v) is 3.92. The molecule has 1 N–H and O–H groups in total. The number of benzene rings is 2. The third kappa shape index (κ3) is 5.53. The van der Waals surface area contributed by atoms with E-state index in [1.807, 2.05) is 0 Å². The topological polar surface area (TPSA) is 73.2 Å². The molecule has 0 radical (unpaired) electrons. The molecule has 0 spiro atoms. The largest absolute Gasteiger partial charge is 0.454 e. The number of esters is 1. The number of Topliss-reactive ketones (excluding diaryl/α,β-unsaturated/α-hetero) is 1. The molecule has 2 aromatic heterocycles. The summed E-state index contributed by atoms with van der Waals surface area (Å²) in [5.74, 6) is -1.87. The molecule has 10 heteroatoms. The van der Waals surface area contributed by atoms with Gasteiger partial charge < -0.3 is 14.6 Å².